The number of ether oxygens (including phenoxy) is 1. The predicted octanol–water partition coefficient (Wildman–Crippen LogP) is 0.906. The third-order valence-electron chi connectivity index (χ3n) is 4.73. The molecular formula is C18H25N3O3. The van der Waals surface area contributed by atoms with Crippen molar-refractivity contribution >= 4 is 11.7 Å². The Kier molecular flexibility index (Phi) is 5.48. The number of piperazine rings is 1. The van der Waals surface area contributed by atoms with E-state index < -0.39 is 0 Å². The largest absolute Gasteiger partial charge is 0.497 e. The van der Waals surface area contributed by atoms with Crippen LogP contribution >= 0.6 is 0 Å². The standard InChI is InChI=1S/C18H25N3O3/c1-24-15-5-4-14(12-20-9-6-19-7-10-20)16(11-15)17(22)13-21-8-2-3-18(21)23/h4-5,11,19H,2-3,6-10,12-13H2,1H3. The molecule has 0 aliphatic carbocycles. The monoisotopic (exact) mass is 331 g/mol. The molecule has 2 fully saturated rings. The molecule has 6 heteroatoms. The number of hydrogen-bond acceptors (Lipinski definition) is 5. The van der Waals surface area contributed by atoms with E-state index in [1.165, 1.54) is 0 Å². The molecule has 2 aliphatic rings. The molecule has 1 aromatic carbocycles. The Morgan fingerprint density at radius 2 is 2.04 bits per heavy atom. The first kappa shape index (κ1) is 16.9. The number of Topliss-reactive ketones (excluding diaryl/α,β-unsaturated/α-hetero) is 1. The highest BCUT2D eigenvalue weighted by Gasteiger charge is 2.24. The van der Waals surface area contributed by atoms with E-state index in [4.69, 9.17) is 4.74 Å². The summed E-state index contributed by atoms with van der Waals surface area (Å²) < 4.78 is 5.28. The van der Waals surface area contributed by atoms with Crippen LogP contribution in [0.4, 0.5) is 0 Å². The molecule has 6 nitrogen and oxygen atoms in total. The zero-order valence-electron chi connectivity index (χ0n) is 14.2. The zero-order chi connectivity index (χ0) is 16.9. The molecule has 1 aromatic rings. The van der Waals surface area contributed by atoms with Crippen molar-refractivity contribution in [3.05, 3.63) is 29.3 Å². The summed E-state index contributed by atoms with van der Waals surface area (Å²) in [5.74, 6) is 0.749. The molecule has 24 heavy (non-hydrogen) atoms. The lowest BCUT2D eigenvalue weighted by Crippen LogP contribution is -2.43. The van der Waals surface area contributed by atoms with Gasteiger partial charge in [0.1, 0.15) is 5.75 Å². The SMILES string of the molecule is COc1ccc(CN2CCNCC2)c(C(=O)CN2CCCC2=O)c1. The second-order valence-electron chi connectivity index (χ2n) is 6.39. The van der Waals surface area contributed by atoms with Crippen LogP contribution in [-0.4, -0.2) is 67.9 Å². The summed E-state index contributed by atoms with van der Waals surface area (Å²) in [7, 11) is 1.60. The molecule has 130 valence electrons. The minimum absolute atomic E-state index is 0.00529. The van der Waals surface area contributed by atoms with Crippen LogP contribution in [0.3, 0.4) is 0 Å². The molecule has 1 N–H and O–H groups in total. The van der Waals surface area contributed by atoms with Crippen molar-refractivity contribution < 1.29 is 14.3 Å². The Morgan fingerprint density at radius 1 is 1.25 bits per heavy atom. The van der Waals surface area contributed by atoms with Crippen LogP contribution in [-0.2, 0) is 11.3 Å². The fourth-order valence-corrected chi connectivity index (χ4v) is 3.32. The van der Waals surface area contributed by atoms with Crippen LogP contribution in [0.5, 0.6) is 5.75 Å². The Hall–Kier alpha value is -1.92. The predicted molar refractivity (Wildman–Crippen MR) is 91.3 cm³/mol. The summed E-state index contributed by atoms with van der Waals surface area (Å²) >= 11 is 0. The van der Waals surface area contributed by atoms with Crippen LogP contribution in [0.1, 0.15) is 28.8 Å². The maximum Gasteiger partial charge on any atom is 0.223 e. The van der Waals surface area contributed by atoms with Crippen molar-refractivity contribution in [2.75, 3.05) is 46.4 Å². The van der Waals surface area contributed by atoms with Gasteiger partial charge < -0.3 is 15.0 Å². The van der Waals surface area contributed by atoms with Crippen molar-refractivity contribution in [1.29, 1.82) is 0 Å². The Balaban J connectivity index is 1.77. The topological polar surface area (TPSA) is 61.9 Å². The van der Waals surface area contributed by atoms with Crippen LogP contribution in [0.2, 0.25) is 0 Å². The second-order valence-corrected chi connectivity index (χ2v) is 6.39. The van der Waals surface area contributed by atoms with E-state index in [9.17, 15) is 9.59 Å². The Labute approximate surface area is 142 Å². The molecule has 0 spiro atoms. The maximum absolute atomic E-state index is 12.8. The van der Waals surface area contributed by atoms with E-state index >= 15 is 0 Å². The van der Waals surface area contributed by atoms with E-state index in [1.54, 1.807) is 18.1 Å². The number of nitrogens with one attached hydrogen (secondary N) is 1. The summed E-state index contributed by atoms with van der Waals surface area (Å²) in [5, 5.41) is 3.34. The van der Waals surface area contributed by atoms with Gasteiger partial charge in [0.2, 0.25) is 5.91 Å². The highest BCUT2D eigenvalue weighted by atomic mass is 16.5. The van der Waals surface area contributed by atoms with Crippen LogP contribution in [0.25, 0.3) is 0 Å². The van der Waals surface area contributed by atoms with Gasteiger partial charge in [-0.3, -0.25) is 14.5 Å². The lowest BCUT2D eigenvalue weighted by atomic mass is 10.0. The number of carbonyl (C=O) groups is 2. The zero-order valence-corrected chi connectivity index (χ0v) is 14.2. The minimum atomic E-state index is -0.00529. The Morgan fingerprint density at radius 3 is 2.71 bits per heavy atom. The smallest absolute Gasteiger partial charge is 0.223 e. The van der Waals surface area contributed by atoms with E-state index in [-0.39, 0.29) is 18.2 Å². The van der Waals surface area contributed by atoms with E-state index in [0.29, 0.717) is 24.3 Å². The van der Waals surface area contributed by atoms with Gasteiger partial charge in [-0.15, -0.1) is 0 Å². The second kappa shape index (κ2) is 7.77. The molecule has 0 radical (unpaired) electrons. The number of amides is 1. The molecule has 2 saturated heterocycles. The number of likely N-dealkylation sites (tertiary alicyclic amines) is 1. The number of benzene rings is 1. The van der Waals surface area contributed by atoms with Gasteiger partial charge in [-0.2, -0.15) is 0 Å². The molecule has 0 aromatic heterocycles. The van der Waals surface area contributed by atoms with Gasteiger partial charge in [-0.25, -0.2) is 0 Å². The Bertz CT molecular complexity index is 612. The highest BCUT2D eigenvalue weighted by molar-refractivity contribution is 6.01. The molecule has 0 atom stereocenters. The average molecular weight is 331 g/mol. The average Bonchev–Trinajstić information content (AvgIpc) is 3.01. The van der Waals surface area contributed by atoms with Crippen LogP contribution in [0, 0.1) is 0 Å². The maximum atomic E-state index is 12.8. The van der Waals surface area contributed by atoms with E-state index in [2.05, 4.69) is 10.2 Å². The first-order chi connectivity index (χ1) is 11.7. The highest BCUT2D eigenvalue weighted by Crippen LogP contribution is 2.21. The van der Waals surface area contributed by atoms with Gasteiger partial charge in [-0.05, 0) is 24.1 Å². The van der Waals surface area contributed by atoms with Gasteiger partial charge in [0.15, 0.2) is 5.78 Å². The van der Waals surface area contributed by atoms with Crippen molar-refractivity contribution in [3.8, 4) is 5.75 Å². The summed E-state index contributed by atoms with van der Waals surface area (Å²) in [4.78, 5) is 28.6. The van der Waals surface area contributed by atoms with Gasteiger partial charge in [0.05, 0.1) is 13.7 Å². The summed E-state index contributed by atoms with van der Waals surface area (Å²) in [6.07, 6.45) is 1.40. The molecule has 3 rings (SSSR count). The number of nitrogens with zero attached hydrogens (tertiary/aromatic N) is 2. The summed E-state index contributed by atoms with van der Waals surface area (Å²) in [5.41, 5.74) is 1.68. The van der Waals surface area contributed by atoms with Crippen LogP contribution in [0.15, 0.2) is 18.2 Å². The molecule has 2 heterocycles. The lowest BCUT2D eigenvalue weighted by Gasteiger charge is -2.28. The molecule has 0 saturated carbocycles. The number of ketones is 1. The fraction of sp³-hybridized carbons (Fsp3) is 0.556. The first-order valence-electron chi connectivity index (χ1n) is 8.58. The number of methoxy groups -OCH3 is 1. The minimum Gasteiger partial charge on any atom is -0.497 e. The number of carbonyl (C=O) groups excluding carboxylic acids is 2. The quantitative estimate of drug-likeness (QED) is 0.785. The molecular weight excluding hydrogens is 306 g/mol. The van der Waals surface area contributed by atoms with Gasteiger partial charge in [0.25, 0.3) is 0 Å². The molecule has 0 unspecified atom stereocenters. The summed E-state index contributed by atoms with van der Waals surface area (Å²) in [6, 6.07) is 5.68. The molecule has 2 aliphatic heterocycles. The molecule has 0 bridgehead atoms. The van der Waals surface area contributed by atoms with Gasteiger partial charge in [-0.1, -0.05) is 6.07 Å². The van der Waals surface area contributed by atoms with Gasteiger partial charge >= 0.3 is 0 Å². The summed E-state index contributed by atoms with van der Waals surface area (Å²) in [6.45, 7) is 5.50. The normalized spacial score (nSPS) is 18.9. The molecule has 1 amide bonds. The third kappa shape index (κ3) is 3.94. The van der Waals surface area contributed by atoms with Crippen molar-refractivity contribution in [3.63, 3.8) is 0 Å². The van der Waals surface area contributed by atoms with Crippen molar-refractivity contribution in [2.24, 2.45) is 0 Å². The fourth-order valence-electron chi connectivity index (χ4n) is 3.32. The van der Waals surface area contributed by atoms with Gasteiger partial charge in [0, 0.05) is 51.3 Å². The lowest BCUT2D eigenvalue weighted by molar-refractivity contribution is -0.127. The number of rotatable bonds is 6. The van der Waals surface area contributed by atoms with E-state index in [1.807, 2.05) is 12.1 Å². The van der Waals surface area contributed by atoms with Crippen molar-refractivity contribution in [2.45, 2.75) is 19.4 Å². The van der Waals surface area contributed by atoms with E-state index in [0.717, 1.165) is 44.7 Å². The number of hydrogen-bond donors (Lipinski definition) is 1. The van der Waals surface area contributed by atoms with Crippen molar-refractivity contribution in [1.82, 2.24) is 15.1 Å². The first-order valence-corrected chi connectivity index (χ1v) is 8.58. The third-order valence-corrected chi connectivity index (χ3v) is 4.73. The van der Waals surface area contributed by atoms with Crippen LogP contribution < -0.4 is 10.1 Å².